The van der Waals surface area contributed by atoms with Crippen LogP contribution in [0.5, 0.6) is 0 Å². The maximum Gasteiger partial charge on any atom is 0.182 e. The van der Waals surface area contributed by atoms with Gasteiger partial charge >= 0.3 is 0 Å². The van der Waals surface area contributed by atoms with E-state index in [9.17, 15) is 0 Å². The molecule has 1 aromatic heterocycles. The minimum Gasteiger partial charge on any atom is -0.381 e. The Morgan fingerprint density at radius 1 is 1.10 bits per heavy atom. The van der Waals surface area contributed by atoms with Crippen molar-refractivity contribution in [2.75, 3.05) is 7.11 Å². The third-order valence-corrected chi connectivity index (χ3v) is 7.09. The van der Waals surface area contributed by atoms with E-state index < -0.39 is 5.66 Å². The average molecular weight is 398 g/mol. The molecule has 2 spiro atoms. The molecule has 30 heavy (non-hydrogen) atoms. The van der Waals surface area contributed by atoms with Crippen LogP contribution in [0.25, 0.3) is 11.1 Å². The van der Waals surface area contributed by atoms with Gasteiger partial charge in [-0.3, -0.25) is 15.0 Å². The predicted octanol–water partition coefficient (Wildman–Crippen LogP) is 4.95. The van der Waals surface area contributed by atoms with Gasteiger partial charge < -0.3 is 4.74 Å². The highest BCUT2D eigenvalue weighted by Crippen LogP contribution is 2.61. The lowest BCUT2D eigenvalue weighted by molar-refractivity contribution is -0.000287. The van der Waals surface area contributed by atoms with Gasteiger partial charge in [-0.1, -0.05) is 18.1 Å². The highest BCUT2D eigenvalue weighted by Gasteiger charge is 2.59. The van der Waals surface area contributed by atoms with Crippen molar-refractivity contribution in [2.24, 2.45) is 15.4 Å². The first kappa shape index (κ1) is 19.2. The van der Waals surface area contributed by atoms with Crippen LogP contribution in [-0.4, -0.2) is 30.1 Å². The van der Waals surface area contributed by atoms with Crippen LogP contribution >= 0.6 is 0 Å². The molecule has 0 bridgehead atoms. The van der Waals surface area contributed by atoms with Crippen molar-refractivity contribution in [1.29, 1.82) is 0 Å². The number of ether oxygens (including phenoxy) is 1. The Kier molecular flexibility index (Phi) is 4.60. The predicted molar refractivity (Wildman–Crippen MR) is 121 cm³/mol. The van der Waals surface area contributed by atoms with Gasteiger partial charge in [-0.15, -0.1) is 5.92 Å². The summed E-state index contributed by atoms with van der Waals surface area (Å²) >= 11 is 0. The Bertz CT molecular complexity index is 1110. The van der Waals surface area contributed by atoms with Crippen molar-refractivity contribution in [3.05, 3.63) is 53.3 Å². The topological polar surface area (TPSA) is 46.8 Å². The van der Waals surface area contributed by atoms with Gasteiger partial charge in [-0.25, -0.2) is 0 Å². The molecule has 0 N–H and O–H groups in total. The van der Waals surface area contributed by atoms with E-state index in [1.54, 1.807) is 0 Å². The lowest BCUT2D eigenvalue weighted by Crippen LogP contribution is -2.43. The maximum absolute atomic E-state index is 5.66. The summed E-state index contributed by atoms with van der Waals surface area (Å²) < 4.78 is 5.66. The van der Waals surface area contributed by atoms with Gasteiger partial charge in [-0.05, 0) is 69.2 Å². The van der Waals surface area contributed by atoms with Crippen LogP contribution in [-0.2, 0) is 16.8 Å². The molecule has 0 saturated heterocycles. The van der Waals surface area contributed by atoms with Gasteiger partial charge in [-0.2, -0.15) is 0 Å². The highest BCUT2D eigenvalue weighted by molar-refractivity contribution is 6.31. The van der Waals surface area contributed by atoms with E-state index in [0.29, 0.717) is 6.10 Å². The minimum atomic E-state index is -0.491. The van der Waals surface area contributed by atoms with Crippen LogP contribution in [0.1, 0.15) is 56.2 Å². The summed E-state index contributed by atoms with van der Waals surface area (Å²) in [6, 6.07) is 8.90. The molecule has 1 aliphatic heterocycles. The Balaban J connectivity index is 1.60. The molecule has 0 unspecified atom stereocenters. The number of hydrogen-bond donors (Lipinski definition) is 0. The Morgan fingerprint density at radius 2 is 1.93 bits per heavy atom. The Labute approximate surface area is 178 Å². The minimum absolute atomic E-state index is 0.0467. The normalized spacial score (nSPS) is 29.0. The first-order valence-corrected chi connectivity index (χ1v) is 10.8. The summed E-state index contributed by atoms with van der Waals surface area (Å²) in [5.74, 6) is 6.07. The molecule has 1 atom stereocenters. The summed E-state index contributed by atoms with van der Waals surface area (Å²) in [5, 5.41) is 0. The van der Waals surface area contributed by atoms with Crippen LogP contribution < -0.4 is 0 Å². The number of methoxy groups -OCH3 is 1. The monoisotopic (exact) mass is 397 g/mol. The van der Waals surface area contributed by atoms with Crippen LogP contribution in [0.4, 0.5) is 0 Å². The number of pyridine rings is 1. The third-order valence-electron chi connectivity index (χ3n) is 7.09. The quantitative estimate of drug-likeness (QED) is 0.673. The average Bonchev–Trinajstić information content (AvgIpc) is 3.28. The molecule has 1 aromatic carbocycles. The Hall–Kier alpha value is -2.77. The fraction of sp³-hybridized carbons (Fsp3) is 0.423. The number of aromatic nitrogens is 1. The Morgan fingerprint density at radius 3 is 2.63 bits per heavy atom. The summed E-state index contributed by atoms with van der Waals surface area (Å²) in [6.07, 6.45) is 11.4. The number of aliphatic imine (C=N–C) groups is 2. The van der Waals surface area contributed by atoms with Crippen molar-refractivity contribution in [3.8, 4) is 23.0 Å². The summed E-state index contributed by atoms with van der Waals surface area (Å²) in [6.45, 7) is 3.91. The molecule has 4 heteroatoms. The van der Waals surface area contributed by atoms with Gasteiger partial charge in [0, 0.05) is 47.8 Å². The second-order valence-electron chi connectivity index (χ2n) is 8.78. The molecular weight excluding hydrogens is 370 g/mol. The number of fused-ring (bicyclic) bond motifs is 3. The van der Waals surface area contributed by atoms with Gasteiger partial charge in [0.05, 0.1) is 11.8 Å². The van der Waals surface area contributed by atoms with Crippen molar-refractivity contribution in [2.45, 2.75) is 57.7 Å². The zero-order valence-corrected chi connectivity index (χ0v) is 17.9. The lowest BCUT2D eigenvalue weighted by atomic mass is 9.65. The van der Waals surface area contributed by atoms with Crippen molar-refractivity contribution in [1.82, 2.24) is 4.98 Å². The van der Waals surface area contributed by atoms with Crippen LogP contribution in [0, 0.1) is 17.3 Å². The molecule has 1 saturated carbocycles. The smallest absolute Gasteiger partial charge is 0.182 e. The van der Waals surface area contributed by atoms with E-state index in [1.807, 2.05) is 32.6 Å². The molecule has 2 aliphatic carbocycles. The van der Waals surface area contributed by atoms with Gasteiger partial charge in [0.2, 0.25) is 0 Å². The largest absolute Gasteiger partial charge is 0.381 e. The van der Waals surface area contributed by atoms with Crippen molar-refractivity contribution in [3.63, 3.8) is 0 Å². The van der Waals surface area contributed by atoms with E-state index in [0.717, 1.165) is 54.5 Å². The zero-order chi connectivity index (χ0) is 20.8. The van der Waals surface area contributed by atoms with Crippen LogP contribution in [0.3, 0.4) is 0 Å². The van der Waals surface area contributed by atoms with E-state index >= 15 is 0 Å². The van der Waals surface area contributed by atoms with E-state index in [1.165, 1.54) is 11.1 Å². The van der Waals surface area contributed by atoms with Gasteiger partial charge in [0.25, 0.3) is 0 Å². The number of rotatable bonds is 2. The number of nitrogens with zero attached hydrogens (tertiary/aromatic N) is 3. The molecule has 2 aromatic rings. The van der Waals surface area contributed by atoms with E-state index in [2.05, 4.69) is 48.0 Å². The number of hydrogen-bond acceptors (Lipinski definition) is 4. The van der Waals surface area contributed by atoms with Crippen LogP contribution in [0.15, 0.2) is 46.6 Å². The standard InChI is InChI=1S/C26H27N3O/c1-4-5-19-12-22(17-27-16-19)20-6-7-21-14-25(10-8-23(30-3)9-11-25)26(24(21)13-20)28-15-18(2)29-26/h6-7,12-13,15-17,23H,8-11,14H2,1-3H3/t23?,25?,26-/m0/s1. The molecule has 0 amide bonds. The SMILES string of the molecule is CC#Cc1cncc(-c2ccc3c(c2)[C@@]2(N=CC(C)=N2)C2(CCC(OC)CC2)C3)c1. The fourth-order valence-electron chi connectivity index (χ4n) is 5.61. The second kappa shape index (κ2) is 7.18. The molecule has 152 valence electrons. The highest BCUT2D eigenvalue weighted by atomic mass is 16.5. The molecule has 3 aliphatic rings. The molecule has 0 radical (unpaired) electrons. The summed E-state index contributed by atoms with van der Waals surface area (Å²) in [4.78, 5) is 14.7. The molecule has 4 nitrogen and oxygen atoms in total. The van der Waals surface area contributed by atoms with E-state index in [-0.39, 0.29) is 5.41 Å². The number of benzene rings is 1. The van der Waals surface area contributed by atoms with Crippen LogP contribution in [0.2, 0.25) is 0 Å². The third kappa shape index (κ3) is 2.84. The maximum atomic E-state index is 5.66. The molecular formula is C26H27N3O. The van der Waals surface area contributed by atoms with Crippen molar-refractivity contribution >= 4 is 11.9 Å². The second-order valence-corrected chi connectivity index (χ2v) is 8.78. The summed E-state index contributed by atoms with van der Waals surface area (Å²) in [5.41, 5.74) is 6.38. The molecule has 2 heterocycles. The zero-order valence-electron chi connectivity index (χ0n) is 17.9. The summed E-state index contributed by atoms with van der Waals surface area (Å²) in [7, 11) is 1.83. The fourth-order valence-corrected chi connectivity index (χ4v) is 5.61. The first-order chi connectivity index (χ1) is 14.6. The van der Waals surface area contributed by atoms with Gasteiger partial charge in [0.1, 0.15) is 0 Å². The van der Waals surface area contributed by atoms with Gasteiger partial charge in [0.15, 0.2) is 5.66 Å². The first-order valence-electron chi connectivity index (χ1n) is 10.8. The van der Waals surface area contributed by atoms with E-state index in [4.69, 9.17) is 14.7 Å². The molecule has 5 rings (SSSR count). The van der Waals surface area contributed by atoms with Crippen molar-refractivity contribution < 1.29 is 4.74 Å². The lowest BCUT2D eigenvalue weighted by Gasteiger charge is -2.44. The molecule has 1 fully saturated rings.